The van der Waals surface area contributed by atoms with Gasteiger partial charge in [0.05, 0.1) is 5.01 Å². The summed E-state index contributed by atoms with van der Waals surface area (Å²) in [6.07, 6.45) is 3.44. The molecular weight excluding hydrogens is 294 g/mol. The molecule has 1 amide bonds. The van der Waals surface area contributed by atoms with Crippen LogP contribution in [-0.4, -0.2) is 10.9 Å². The molecule has 2 N–H and O–H groups in total. The van der Waals surface area contributed by atoms with Crippen molar-refractivity contribution in [3.05, 3.63) is 45.9 Å². The number of hydrogen-bond acceptors (Lipinski definition) is 4. The second-order valence-corrected chi connectivity index (χ2v) is 6.40. The number of benzene rings is 1. The van der Waals surface area contributed by atoms with E-state index in [0.717, 1.165) is 18.7 Å². The van der Waals surface area contributed by atoms with Gasteiger partial charge in [-0.25, -0.2) is 4.98 Å². The molecule has 0 spiro atoms. The molecular formula is C17H23N3OS. The van der Waals surface area contributed by atoms with Crippen molar-refractivity contribution >= 4 is 22.9 Å². The molecule has 118 valence electrons. The van der Waals surface area contributed by atoms with E-state index in [1.54, 1.807) is 11.3 Å². The molecule has 0 aliphatic carbocycles. The van der Waals surface area contributed by atoms with Gasteiger partial charge in [-0.2, -0.15) is 0 Å². The van der Waals surface area contributed by atoms with Crippen LogP contribution in [0.1, 0.15) is 48.7 Å². The summed E-state index contributed by atoms with van der Waals surface area (Å²) in [5, 5.41) is 7.55. The molecule has 1 unspecified atom stereocenters. The monoisotopic (exact) mass is 317 g/mol. The minimum Gasteiger partial charge on any atom is -0.326 e. The molecule has 1 heterocycles. The number of carbonyl (C=O) groups is 1. The van der Waals surface area contributed by atoms with Crippen molar-refractivity contribution in [2.75, 3.05) is 5.32 Å². The predicted octanol–water partition coefficient (Wildman–Crippen LogP) is 3.90. The number of aromatic nitrogens is 1. The van der Waals surface area contributed by atoms with Crippen molar-refractivity contribution in [1.29, 1.82) is 0 Å². The average molecular weight is 317 g/mol. The summed E-state index contributed by atoms with van der Waals surface area (Å²) >= 11 is 1.76. The Bertz CT molecular complexity index is 607. The van der Waals surface area contributed by atoms with Crippen molar-refractivity contribution in [3.8, 4) is 0 Å². The normalized spacial score (nSPS) is 12.1. The van der Waals surface area contributed by atoms with E-state index in [2.05, 4.69) is 29.5 Å². The number of rotatable bonds is 7. The quantitative estimate of drug-likeness (QED) is 0.814. The highest BCUT2D eigenvalue weighted by atomic mass is 32.1. The molecule has 1 aromatic carbocycles. The molecule has 0 bridgehead atoms. The Morgan fingerprint density at radius 3 is 2.59 bits per heavy atom. The van der Waals surface area contributed by atoms with Crippen LogP contribution in [-0.2, 0) is 17.8 Å². The number of nitrogens with one attached hydrogen (secondary N) is 2. The Labute approximate surface area is 136 Å². The van der Waals surface area contributed by atoms with Gasteiger partial charge in [0.1, 0.15) is 0 Å². The third-order valence-corrected chi connectivity index (χ3v) is 4.64. The molecule has 0 aliphatic heterocycles. The summed E-state index contributed by atoms with van der Waals surface area (Å²) in [6.45, 7) is 6.94. The Hall–Kier alpha value is -1.72. The lowest BCUT2D eigenvalue weighted by atomic mass is 10.1. The molecule has 5 heteroatoms. The average Bonchev–Trinajstić information content (AvgIpc) is 3.01. The van der Waals surface area contributed by atoms with E-state index in [1.807, 2.05) is 37.4 Å². The van der Waals surface area contributed by atoms with Crippen molar-refractivity contribution < 1.29 is 4.79 Å². The van der Waals surface area contributed by atoms with E-state index < -0.39 is 0 Å². The second kappa shape index (κ2) is 8.06. The van der Waals surface area contributed by atoms with Gasteiger partial charge in [0.2, 0.25) is 5.91 Å². The zero-order valence-electron chi connectivity index (χ0n) is 13.3. The summed E-state index contributed by atoms with van der Waals surface area (Å²) in [5.74, 6) is 0.0378. The fourth-order valence-corrected chi connectivity index (χ4v) is 2.88. The smallest absolute Gasteiger partial charge is 0.224 e. The van der Waals surface area contributed by atoms with Crippen molar-refractivity contribution in [2.45, 2.75) is 46.2 Å². The largest absolute Gasteiger partial charge is 0.326 e. The lowest BCUT2D eigenvalue weighted by Gasteiger charge is -2.14. The van der Waals surface area contributed by atoms with Crippen LogP contribution >= 0.6 is 11.3 Å². The highest BCUT2D eigenvalue weighted by molar-refractivity contribution is 7.11. The van der Waals surface area contributed by atoms with Crippen LogP contribution in [0.2, 0.25) is 0 Å². The Balaban J connectivity index is 1.89. The van der Waals surface area contributed by atoms with Gasteiger partial charge in [-0.05, 0) is 31.0 Å². The third-order valence-electron chi connectivity index (χ3n) is 3.50. The lowest BCUT2D eigenvalue weighted by Crippen LogP contribution is -2.17. The van der Waals surface area contributed by atoms with E-state index in [0.29, 0.717) is 6.42 Å². The first-order valence-corrected chi connectivity index (χ1v) is 8.50. The van der Waals surface area contributed by atoms with E-state index in [9.17, 15) is 4.79 Å². The molecule has 1 aromatic heterocycles. The number of aryl methyl sites for hydroxylation is 1. The highest BCUT2D eigenvalue weighted by Gasteiger charge is 2.07. The van der Waals surface area contributed by atoms with Crippen molar-refractivity contribution in [1.82, 2.24) is 10.3 Å². The van der Waals surface area contributed by atoms with Crippen LogP contribution in [0, 0.1) is 0 Å². The zero-order valence-corrected chi connectivity index (χ0v) is 14.2. The Morgan fingerprint density at radius 2 is 2.00 bits per heavy atom. The number of anilines is 1. The Kier molecular flexibility index (Phi) is 6.10. The van der Waals surface area contributed by atoms with Crippen LogP contribution in [0.15, 0.2) is 30.5 Å². The standard InChI is InChI=1S/C17H23N3OS/c1-4-16(21)20-14-8-6-13(7-9-14)12(3)18-10-15-11-19-17(5-2)22-15/h6-9,11-12,18H,4-5,10H2,1-3H3,(H,20,21). The molecule has 1 atom stereocenters. The first-order chi connectivity index (χ1) is 10.6. The second-order valence-electron chi connectivity index (χ2n) is 5.20. The predicted molar refractivity (Wildman–Crippen MR) is 92.1 cm³/mol. The van der Waals surface area contributed by atoms with E-state index >= 15 is 0 Å². The van der Waals surface area contributed by atoms with Gasteiger partial charge in [-0.15, -0.1) is 11.3 Å². The number of carbonyl (C=O) groups excluding carboxylic acids is 1. The minimum absolute atomic E-state index is 0.0378. The maximum Gasteiger partial charge on any atom is 0.224 e. The molecule has 22 heavy (non-hydrogen) atoms. The summed E-state index contributed by atoms with van der Waals surface area (Å²) in [5.41, 5.74) is 2.05. The van der Waals surface area contributed by atoms with Gasteiger partial charge in [0.25, 0.3) is 0 Å². The molecule has 0 radical (unpaired) electrons. The summed E-state index contributed by atoms with van der Waals surface area (Å²) in [7, 11) is 0. The lowest BCUT2D eigenvalue weighted by molar-refractivity contribution is -0.115. The number of hydrogen-bond donors (Lipinski definition) is 2. The molecule has 0 saturated heterocycles. The first-order valence-electron chi connectivity index (χ1n) is 7.69. The summed E-state index contributed by atoms with van der Waals surface area (Å²) in [4.78, 5) is 17.0. The molecule has 4 nitrogen and oxygen atoms in total. The molecule has 0 saturated carbocycles. The zero-order chi connectivity index (χ0) is 15.9. The maximum atomic E-state index is 11.4. The van der Waals surface area contributed by atoms with Crippen LogP contribution in [0.4, 0.5) is 5.69 Å². The fraction of sp³-hybridized carbons (Fsp3) is 0.412. The fourth-order valence-electron chi connectivity index (χ4n) is 2.07. The first kappa shape index (κ1) is 16.6. The molecule has 0 aliphatic rings. The minimum atomic E-state index is 0.0378. The van der Waals surface area contributed by atoms with Gasteiger partial charge in [0, 0.05) is 35.8 Å². The van der Waals surface area contributed by atoms with Crippen LogP contribution in [0.5, 0.6) is 0 Å². The van der Waals surface area contributed by atoms with E-state index in [1.165, 1.54) is 15.4 Å². The number of thiazole rings is 1. The molecule has 2 rings (SSSR count). The van der Waals surface area contributed by atoms with Crippen molar-refractivity contribution in [2.24, 2.45) is 0 Å². The van der Waals surface area contributed by atoms with Gasteiger partial charge in [-0.3, -0.25) is 4.79 Å². The van der Waals surface area contributed by atoms with Gasteiger partial charge in [-0.1, -0.05) is 26.0 Å². The van der Waals surface area contributed by atoms with Crippen LogP contribution in [0.25, 0.3) is 0 Å². The Morgan fingerprint density at radius 1 is 1.27 bits per heavy atom. The van der Waals surface area contributed by atoms with Gasteiger partial charge < -0.3 is 10.6 Å². The number of nitrogens with zero attached hydrogens (tertiary/aromatic N) is 1. The molecule has 0 fully saturated rings. The summed E-state index contributed by atoms with van der Waals surface area (Å²) < 4.78 is 0. The number of amides is 1. The van der Waals surface area contributed by atoms with E-state index in [-0.39, 0.29) is 11.9 Å². The maximum absolute atomic E-state index is 11.4. The van der Waals surface area contributed by atoms with Crippen LogP contribution in [0.3, 0.4) is 0 Å². The van der Waals surface area contributed by atoms with Gasteiger partial charge in [0.15, 0.2) is 0 Å². The van der Waals surface area contributed by atoms with Gasteiger partial charge >= 0.3 is 0 Å². The van der Waals surface area contributed by atoms with Crippen molar-refractivity contribution in [3.63, 3.8) is 0 Å². The SMILES string of the molecule is CCC(=O)Nc1ccc(C(C)NCc2cnc(CC)s2)cc1. The van der Waals surface area contributed by atoms with Crippen LogP contribution < -0.4 is 10.6 Å². The third kappa shape index (κ3) is 4.64. The summed E-state index contributed by atoms with van der Waals surface area (Å²) in [6, 6.07) is 8.25. The molecule has 2 aromatic rings. The van der Waals surface area contributed by atoms with E-state index in [4.69, 9.17) is 0 Å². The highest BCUT2D eigenvalue weighted by Crippen LogP contribution is 2.18. The topological polar surface area (TPSA) is 54.0 Å².